The van der Waals surface area contributed by atoms with E-state index in [9.17, 15) is 4.79 Å². The fraction of sp³-hybridized carbons (Fsp3) is 0.476. The van der Waals surface area contributed by atoms with Gasteiger partial charge < -0.3 is 19.7 Å². The van der Waals surface area contributed by atoms with Crippen molar-refractivity contribution in [2.45, 2.75) is 20.3 Å². The highest BCUT2D eigenvalue weighted by Gasteiger charge is 2.13. The maximum atomic E-state index is 12.3. The number of likely N-dealkylation sites (N-methyl/N-ethyl adjacent to an activating group) is 1. The van der Waals surface area contributed by atoms with E-state index in [4.69, 9.17) is 0 Å². The molecule has 1 aliphatic heterocycles. The lowest BCUT2D eigenvalue weighted by molar-refractivity contribution is 0.0949. The molecule has 1 aromatic carbocycles. The largest absolute Gasteiger partial charge is 0.352 e. The van der Waals surface area contributed by atoms with Crippen molar-refractivity contribution in [3.63, 3.8) is 0 Å². The molecule has 0 radical (unpaired) electrons. The number of aromatic nitrogens is 1. The molecule has 2 heterocycles. The van der Waals surface area contributed by atoms with Gasteiger partial charge in [-0.3, -0.25) is 4.79 Å². The van der Waals surface area contributed by atoms with Gasteiger partial charge in [-0.1, -0.05) is 0 Å². The Kier molecular flexibility index (Phi) is 6.12. The molecule has 3 rings (SSSR count). The van der Waals surface area contributed by atoms with E-state index in [-0.39, 0.29) is 5.91 Å². The Morgan fingerprint density at radius 1 is 0.962 bits per heavy atom. The van der Waals surface area contributed by atoms with Gasteiger partial charge in [-0.05, 0) is 70.3 Å². The number of benzene rings is 1. The van der Waals surface area contributed by atoms with E-state index in [1.54, 1.807) is 0 Å². The zero-order valence-electron chi connectivity index (χ0n) is 16.2. The van der Waals surface area contributed by atoms with Crippen LogP contribution in [0.5, 0.6) is 0 Å². The molecule has 2 aromatic rings. The lowest BCUT2D eigenvalue weighted by Crippen LogP contribution is -2.45. The molecular formula is C21H30N4O. The molecule has 1 aliphatic rings. The molecular weight excluding hydrogens is 324 g/mol. The summed E-state index contributed by atoms with van der Waals surface area (Å²) in [5.74, 6) is 0.0101. The number of rotatable bonds is 6. The molecule has 1 N–H and O–H groups in total. The lowest BCUT2D eigenvalue weighted by atomic mass is 10.2. The van der Waals surface area contributed by atoms with Crippen LogP contribution in [-0.2, 0) is 0 Å². The summed E-state index contributed by atoms with van der Waals surface area (Å²) in [6, 6.07) is 12.1. The van der Waals surface area contributed by atoms with Gasteiger partial charge in [0.25, 0.3) is 5.91 Å². The fourth-order valence-corrected chi connectivity index (χ4v) is 3.52. The van der Waals surface area contributed by atoms with E-state index in [0.717, 1.165) is 56.9 Å². The average Bonchev–Trinajstić information content (AvgIpc) is 2.98. The smallest absolute Gasteiger partial charge is 0.251 e. The van der Waals surface area contributed by atoms with Crippen LogP contribution in [0.4, 0.5) is 0 Å². The summed E-state index contributed by atoms with van der Waals surface area (Å²) >= 11 is 0. The van der Waals surface area contributed by atoms with Gasteiger partial charge in [0.1, 0.15) is 0 Å². The molecule has 1 fully saturated rings. The molecule has 0 saturated carbocycles. The SMILES string of the molecule is Cc1ccc(C)n1-c1ccc(C(=O)NCCCN2CCN(C)CC2)cc1. The Balaban J connectivity index is 1.46. The summed E-state index contributed by atoms with van der Waals surface area (Å²) in [5, 5.41) is 3.04. The number of piperazine rings is 1. The van der Waals surface area contributed by atoms with Crippen LogP contribution in [0.3, 0.4) is 0 Å². The van der Waals surface area contributed by atoms with E-state index in [1.165, 1.54) is 11.4 Å². The molecule has 0 spiro atoms. The van der Waals surface area contributed by atoms with Crippen molar-refractivity contribution >= 4 is 5.91 Å². The van der Waals surface area contributed by atoms with E-state index in [0.29, 0.717) is 0 Å². The zero-order valence-corrected chi connectivity index (χ0v) is 16.2. The number of nitrogens with one attached hydrogen (secondary N) is 1. The van der Waals surface area contributed by atoms with Crippen molar-refractivity contribution in [3.8, 4) is 5.69 Å². The second kappa shape index (κ2) is 8.52. The second-order valence-electron chi connectivity index (χ2n) is 7.25. The van der Waals surface area contributed by atoms with Gasteiger partial charge >= 0.3 is 0 Å². The average molecular weight is 354 g/mol. The molecule has 1 amide bonds. The summed E-state index contributed by atoms with van der Waals surface area (Å²) in [4.78, 5) is 17.2. The quantitative estimate of drug-likeness (QED) is 0.810. The molecule has 0 unspecified atom stereocenters. The van der Waals surface area contributed by atoms with Crippen molar-refractivity contribution in [1.82, 2.24) is 19.7 Å². The molecule has 0 bridgehead atoms. The van der Waals surface area contributed by atoms with Gasteiger partial charge in [-0.15, -0.1) is 0 Å². The van der Waals surface area contributed by atoms with Crippen LogP contribution in [0.15, 0.2) is 36.4 Å². The van der Waals surface area contributed by atoms with Gasteiger partial charge in [-0.2, -0.15) is 0 Å². The highest BCUT2D eigenvalue weighted by molar-refractivity contribution is 5.94. The maximum absolute atomic E-state index is 12.3. The van der Waals surface area contributed by atoms with Crippen LogP contribution in [-0.4, -0.2) is 66.6 Å². The first kappa shape index (κ1) is 18.7. The summed E-state index contributed by atoms with van der Waals surface area (Å²) < 4.78 is 2.19. The standard InChI is InChI=1S/C21H30N4O/c1-17-5-6-18(2)25(17)20-9-7-19(8-10-20)21(26)22-11-4-12-24-15-13-23(3)14-16-24/h5-10H,4,11-16H2,1-3H3,(H,22,26). The van der Waals surface area contributed by atoms with Crippen LogP contribution in [0.1, 0.15) is 28.2 Å². The van der Waals surface area contributed by atoms with E-state index in [1.807, 2.05) is 24.3 Å². The Bertz CT molecular complexity index is 707. The van der Waals surface area contributed by atoms with Gasteiger partial charge in [0.15, 0.2) is 0 Å². The lowest BCUT2D eigenvalue weighted by Gasteiger charge is -2.32. The molecule has 5 nitrogen and oxygen atoms in total. The predicted octanol–water partition coefficient (Wildman–Crippen LogP) is 2.46. The molecule has 26 heavy (non-hydrogen) atoms. The number of amides is 1. The summed E-state index contributed by atoms with van der Waals surface area (Å²) in [5.41, 5.74) is 4.21. The number of nitrogens with zero attached hydrogens (tertiary/aromatic N) is 3. The Morgan fingerprint density at radius 3 is 2.19 bits per heavy atom. The normalized spacial score (nSPS) is 16.0. The summed E-state index contributed by atoms with van der Waals surface area (Å²) in [6.45, 7) is 10.5. The monoisotopic (exact) mass is 354 g/mol. The number of carbonyl (C=O) groups excluding carboxylic acids is 1. The summed E-state index contributed by atoms with van der Waals surface area (Å²) in [7, 11) is 2.17. The van der Waals surface area contributed by atoms with E-state index < -0.39 is 0 Å². The fourth-order valence-electron chi connectivity index (χ4n) is 3.52. The van der Waals surface area contributed by atoms with Crippen LogP contribution >= 0.6 is 0 Å². The molecule has 0 aliphatic carbocycles. The highest BCUT2D eigenvalue weighted by atomic mass is 16.1. The van der Waals surface area contributed by atoms with Gasteiger partial charge in [0.2, 0.25) is 0 Å². The van der Waals surface area contributed by atoms with Crippen LogP contribution < -0.4 is 5.32 Å². The minimum Gasteiger partial charge on any atom is -0.352 e. The molecule has 140 valence electrons. The topological polar surface area (TPSA) is 40.5 Å². The minimum absolute atomic E-state index is 0.0101. The van der Waals surface area contributed by atoms with Crippen molar-refractivity contribution in [3.05, 3.63) is 53.3 Å². The van der Waals surface area contributed by atoms with Crippen molar-refractivity contribution < 1.29 is 4.79 Å². The van der Waals surface area contributed by atoms with Crippen LogP contribution in [0, 0.1) is 13.8 Å². The Morgan fingerprint density at radius 2 is 1.58 bits per heavy atom. The third kappa shape index (κ3) is 4.54. The van der Waals surface area contributed by atoms with Crippen molar-refractivity contribution in [2.75, 3.05) is 46.3 Å². The molecule has 1 aromatic heterocycles. The van der Waals surface area contributed by atoms with Gasteiger partial charge in [-0.25, -0.2) is 0 Å². The second-order valence-corrected chi connectivity index (χ2v) is 7.25. The van der Waals surface area contributed by atoms with Crippen molar-refractivity contribution in [2.24, 2.45) is 0 Å². The third-order valence-corrected chi connectivity index (χ3v) is 5.19. The number of carbonyl (C=O) groups is 1. The van der Waals surface area contributed by atoms with E-state index >= 15 is 0 Å². The Hall–Kier alpha value is -2.11. The highest BCUT2D eigenvalue weighted by Crippen LogP contribution is 2.16. The van der Waals surface area contributed by atoms with Crippen LogP contribution in [0.25, 0.3) is 5.69 Å². The third-order valence-electron chi connectivity index (χ3n) is 5.19. The minimum atomic E-state index is 0.0101. The number of hydrogen-bond acceptors (Lipinski definition) is 3. The van der Waals surface area contributed by atoms with Gasteiger partial charge in [0, 0.05) is 55.4 Å². The van der Waals surface area contributed by atoms with E-state index in [2.05, 4.69) is 52.7 Å². The van der Waals surface area contributed by atoms with Crippen LogP contribution in [0.2, 0.25) is 0 Å². The number of hydrogen-bond donors (Lipinski definition) is 1. The summed E-state index contributed by atoms with van der Waals surface area (Å²) in [6.07, 6.45) is 0.995. The molecule has 1 saturated heterocycles. The Labute approximate surface area is 156 Å². The number of aryl methyl sites for hydroxylation is 2. The van der Waals surface area contributed by atoms with Gasteiger partial charge in [0.05, 0.1) is 0 Å². The maximum Gasteiger partial charge on any atom is 0.251 e. The zero-order chi connectivity index (χ0) is 18.5. The molecule has 0 atom stereocenters. The van der Waals surface area contributed by atoms with Crippen molar-refractivity contribution in [1.29, 1.82) is 0 Å². The first-order valence-corrected chi connectivity index (χ1v) is 9.49. The predicted molar refractivity (Wildman–Crippen MR) is 106 cm³/mol. The first-order chi connectivity index (χ1) is 12.5. The molecule has 5 heteroatoms. The first-order valence-electron chi connectivity index (χ1n) is 9.49.